The first-order valence-electron chi connectivity index (χ1n) is 10.3. The van der Waals surface area contributed by atoms with Crippen molar-refractivity contribution < 1.29 is 4.79 Å². The van der Waals surface area contributed by atoms with Crippen LogP contribution in [0.1, 0.15) is 38.3 Å². The summed E-state index contributed by atoms with van der Waals surface area (Å²) in [5.74, 6) is 0.512. The zero-order valence-electron chi connectivity index (χ0n) is 17.5. The van der Waals surface area contributed by atoms with Gasteiger partial charge in [-0.25, -0.2) is 19.1 Å². The number of hydrogen-bond acceptors (Lipinski definition) is 5. The number of aromatic nitrogens is 3. The molecule has 2 aromatic carbocycles. The summed E-state index contributed by atoms with van der Waals surface area (Å²) in [7, 11) is 0. The zero-order chi connectivity index (χ0) is 21.8. The number of nitrogens with two attached hydrogens (primary N) is 1. The van der Waals surface area contributed by atoms with Gasteiger partial charge >= 0.3 is 6.03 Å². The highest BCUT2D eigenvalue weighted by molar-refractivity contribution is 8.01. The quantitative estimate of drug-likeness (QED) is 0.328. The number of hydrogen-bond donors (Lipinski definition) is 1. The molecule has 0 radical (unpaired) electrons. The molecule has 0 saturated carbocycles. The summed E-state index contributed by atoms with van der Waals surface area (Å²) in [4.78, 5) is 21.9. The maximum atomic E-state index is 12.2. The van der Waals surface area contributed by atoms with E-state index in [1.165, 1.54) is 33.2 Å². The first kappa shape index (κ1) is 21.4. The number of imidazole rings is 1. The second-order valence-electron chi connectivity index (χ2n) is 7.29. The maximum Gasteiger partial charge on any atom is 0.331 e. The Morgan fingerprint density at radius 1 is 1.16 bits per heavy atom. The van der Waals surface area contributed by atoms with Gasteiger partial charge in [-0.3, -0.25) is 0 Å². The molecule has 4 aromatic rings. The van der Waals surface area contributed by atoms with E-state index in [-0.39, 0.29) is 6.04 Å². The van der Waals surface area contributed by atoms with E-state index in [4.69, 9.17) is 5.73 Å². The van der Waals surface area contributed by atoms with Crippen molar-refractivity contribution in [2.75, 3.05) is 4.31 Å². The maximum absolute atomic E-state index is 12.2. The highest BCUT2D eigenvalue weighted by Crippen LogP contribution is 2.36. The number of amides is 2. The molecule has 0 aliphatic rings. The van der Waals surface area contributed by atoms with Crippen LogP contribution in [0.25, 0.3) is 10.2 Å². The first-order chi connectivity index (χ1) is 15.1. The van der Waals surface area contributed by atoms with E-state index < -0.39 is 6.03 Å². The molecule has 6 nitrogen and oxygen atoms in total. The first-order valence-corrected chi connectivity index (χ1v) is 11.9. The molecular weight excluding hydrogens is 426 g/mol. The van der Waals surface area contributed by atoms with E-state index in [2.05, 4.69) is 40.5 Å². The Balaban J connectivity index is 1.59. The van der Waals surface area contributed by atoms with E-state index >= 15 is 0 Å². The molecule has 2 N–H and O–H groups in total. The fourth-order valence-electron chi connectivity index (χ4n) is 3.81. The van der Waals surface area contributed by atoms with E-state index in [0.29, 0.717) is 11.0 Å². The Kier molecular flexibility index (Phi) is 6.58. The van der Waals surface area contributed by atoms with Gasteiger partial charge in [-0.2, -0.15) is 0 Å². The predicted octanol–water partition coefficient (Wildman–Crippen LogP) is 6.11. The van der Waals surface area contributed by atoms with E-state index in [1.807, 2.05) is 55.1 Å². The Morgan fingerprint density at radius 2 is 1.90 bits per heavy atom. The van der Waals surface area contributed by atoms with Crippen molar-refractivity contribution in [3.63, 3.8) is 0 Å². The monoisotopic (exact) mass is 451 g/mol. The van der Waals surface area contributed by atoms with E-state index in [1.54, 1.807) is 0 Å². The van der Waals surface area contributed by atoms with Crippen LogP contribution < -0.4 is 10.0 Å². The van der Waals surface area contributed by atoms with Crippen molar-refractivity contribution in [3.8, 4) is 0 Å². The van der Waals surface area contributed by atoms with Crippen LogP contribution >= 0.6 is 23.3 Å². The van der Waals surface area contributed by atoms with Crippen molar-refractivity contribution in [1.29, 1.82) is 0 Å². The SMILES string of the molecule is CCC(CC)C(c1ccc(SN(C(N)=O)c2nc3ccccc3s2)cc1)n1ccnc1. The summed E-state index contributed by atoms with van der Waals surface area (Å²) in [6.45, 7) is 4.45. The number of rotatable bonds is 8. The van der Waals surface area contributed by atoms with E-state index in [9.17, 15) is 4.79 Å². The number of anilines is 1. The molecule has 0 fully saturated rings. The fraction of sp³-hybridized carbons (Fsp3) is 0.261. The van der Waals surface area contributed by atoms with Gasteiger partial charge in [-0.15, -0.1) is 0 Å². The van der Waals surface area contributed by atoms with Gasteiger partial charge in [0, 0.05) is 17.3 Å². The van der Waals surface area contributed by atoms with Crippen molar-refractivity contribution in [1.82, 2.24) is 14.5 Å². The van der Waals surface area contributed by atoms with Crippen molar-refractivity contribution >= 4 is 44.7 Å². The molecule has 0 aliphatic heterocycles. The van der Waals surface area contributed by atoms with Crippen LogP contribution in [0.5, 0.6) is 0 Å². The van der Waals surface area contributed by atoms with Crippen molar-refractivity contribution in [2.24, 2.45) is 11.7 Å². The smallest absolute Gasteiger partial charge is 0.331 e. The average Bonchev–Trinajstić information content (AvgIpc) is 3.46. The zero-order valence-corrected chi connectivity index (χ0v) is 19.1. The lowest BCUT2D eigenvalue weighted by molar-refractivity contribution is 0.257. The molecule has 4 rings (SSSR count). The summed E-state index contributed by atoms with van der Waals surface area (Å²) in [6.07, 6.45) is 7.90. The highest BCUT2D eigenvalue weighted by atomic mass is 32.2. The number of benzene rings is 2. The number of urea groups is 1. The molecule has 1 atom stereocenters. The summed E-state index contributed by atoms with van der Waals surface area (Å²) in [5, 5.41) is 0.580. The summed E-state index contributed by atoms with van der Waals surface area (Å²) < 4.78 is 4.65. The molecule has 31 heavy (non-hydrogen) atoms. The van der Waals surface area contributed by atoms with Gasteiger partial charge in [0.1, 0.15) is 0 Å². The van der Waals surface area contributed by atoms with Crippen LogP contribution in [0.4, 0.5) is 9.93 Å². The third-order valence-corrected chi connectivity index (χ3v) is 7.57. The minimum atomic E-state index is -0.540. The molecule has 2 aromatic heterocycles. The molecule has 2 amide bonds. The number of primary amides is 1. The Bertz CT molecular complexity index is 1100. The standard InChI is InChI=1S/C23H25N5OS2/c1-3-16(4-2)21(27-14-13-25-15-27)17-9-11-18(12-10-17)31-28(22(24)29)23-26-19-7-5-6-8-20(19)30-23/h5-16,21H,3-4H2,1-2H3,(H2,24,29). The van der Waals surface area contributed by atoms with Crippen LogP contribution in [0.15, 0.2) is 72.1 Å². The summed E-state index contributed by atoms with van der Waals surface area (Å²) in [6, 6.07) is 15.8. The number of thiazole rings is 1. The van der Waals surface area contributed by atoms with Gasteiger partial charge in [-0.05, 0) is 47.7 Å². The van der Waals surface area contributed by atoms with Gasteiger partial charge in [-0.1, -0.05) is 62.3 Å². The number of carbonyl (C=O) groups is 1. The van der Waals surface area contributed by atoms with Gasteiger partial charge < -0.3 is 10.3 Å². The molecule has 2 heterocycles. The van der Waals surface area contributed by atoms with Crippen LogP contribution in [-0.2, 0) is 0 Å². The molecule has 0 spiro atoms. The summed E-state index contributed by atoms with van der Waals surface area (Å²) >= 11 is 2.74. The fourth-order valence-corrected chi connectivity index (χ4v) is 5.59. The topological polar surface area (TPSA) is 77.0 Å². The molecule has 0 aliphatic carbocycles. The number of fused-ring (bicyclic) bond motifs is 1. The number of para-hydroxylation sites is 1. The van der Waals surface area contributed by atoms with Crippen LogP contribution in [0.3, 0.4) is 0 Å². The molecular formula is C23H25N5OS2. The largest absolute Gasteiger partial charge is 0.350 e. The Hall–Kier alpha value is -2.84. The minimum Gasteiger partial charge on any atom is -0.350 e. The highest BCUT2D eigenvalue weighted by Gasteiger charge is 2.23. The summed E-state index contributed by atoms with van der Waals surface area (Å²) in [5.41, 5.74) is 7.76. The lowest BCUT2D eigenvalue weighted by atomic mass is 9.88. The average molecular weight is 452 g/mol. The second kappa shape index (κ2) is 9.53. The normalized spacial score (nSPS) is 12.4. The Morgan fingerprint density at radius 3 is 2.52 bits per heavy atom. The van der Waals surface area contributed by atoms with Crippen molar-refractivity contribution in [2.45, 2.75) is 37.6 Å². The molecule has 160 valence electrons. The van der Waals surface area contributed by atoms with Crippen molar-refractivity contribution in [3.05, 3.63) is 72.8 Å². The molecule has 1 unspecified atom stereocenters. The molecule has 8 heteroatoms. The van der Waals surface area contributed by atoms with Crippen LogP contribution in [0, 0.1) is 5.92 Å². The Labute approximate surface area is 190 Å². The minimum absolute atomic E-state index is 0.230. The van der Waals surface area contributed by atoms with Crippen LogP contribution in [-0.4, -0.2) is 20.6 Å². The number of carbonyl (C=O) groups excluding carboxylic acids is 1. The lowest BCUT2D eigenvalue weighted by Crippen LogP contribution is -2.29. The van der Waals surface area contributed by atoms with Gasteiger partial charge in [0.25, 0.3) is 0 Å². The third-order valence-electron chi connectivity index (χ3n) is 5.42. The van der Waals surface area contributed by atoms with Crippen LogP contribution in [0.2, 0.25) is 0 Å². The van der Waals surface area contributed by atoms with Gasteiger partial charge in [0.2, 0.25) is 5.13 Å². The van der Waals surface area contributed by atoms with E-state index in [0.717, 1.165) is 28.0 Å². The lowest BCUT2D eigenvalue weighted by Gasteiger charge is -2.27. The molecule has 0 bridgehead atoms. The third kappa shape index (κ3) is 4.60. The van der Waals surface area contributed by atoms with Gasteiger partial charge in [0.05, 0.1) is 22.6 Å². The molecule has 0 saturated heterocycles. The number of nitrogens with zero attached hydrogens (tertiary/aromatic N) is 4. The van der Waals surface area contributed by atoms with Gasteiger partial charge in [0.15, 0.2) is 0 Å². The second-order valence-corrected chi connectivity index (χ2v) is 9.32. The predicted molar refractivity (Wildman–Crippen MR) is 128 cm³/mol.